The summed E-state index contributed by atoms with van der Waals surface area (Å²) in [6.45, 7) is 7.22. The van der Waals surface area contributed by atoms with Crippen LogP contribution in [0.15, 0.2) is 29.3 Å². The van der Waals surface area contributed by atoms with Gasteiger partial charge in [-0.05, 0) is 24.8 Å². The maximum atomic E-state index is 11.7. The molecule has 0 aromatic heterocycles. The summed E-state index contributed by atoms with van der Waals surface area (Å²) in [6, 6.07) is 8.08. The standard InChI is InChI=1S/C20H31N3O3/c1-15(2)14-26-18-8-6-5-7-17(18)13-22-20(21-3)23-11-9-16(10-12-23)19(24)25-4/h5-8,15-16H,9-14H2,1-4H3,(H,21,22). The monoisotopic (exact) mass is 361 g/mol. The van der Waals surface area contributed by atoms with Crippen molar-refractivity contribution in [3.05, 3.63) is 29.8 Å². The van der Waals surface area contributed by atoms with Crippen molar-refractivity contribution in [2.45, 2.75) is 33.2 Å². The van der Waals surface area contributed by atoms with Crippen LogP contribution in [0.2, 0.25) is 0 Å². The van der Waals surface area contributed by atoms with Crippen molar-refractivity contribution in [2.75, 3.05) is 33.9 Å². The highest BCUT2D eigenvalue weighted by Gasteiger charge is 2.26. The first kappa shape index (κ1) is 20.1. The number of rotatable bonds is 6. The zero-order valence-electron chi connectivity index (χ0n) is 16.3. The molecule has 0 radical (unpaired) electrons. The number of nitrogens with one attached hydrogen (secondary N) is 1. The molecule has 0 spiro atoms. The van der Waals surface area contributed by atoms with Gasteiger partial charge in [-0.15, -0.1) is 0 Å². The smallest absolute Gasteiger partial charge is 0.308 e. The van der Waals surface area contributed by atoms with Crippen LogP contribution in [0.25, 0.3) is 0 Å². The van der Waals surface area contributed by atoms with Gasteiger partial charge in [-0.2, -0.15) is 0 Å². The highest BCUT2D eigenvalue weighted by molar-refractivity contribution is 5.80. The number of guanidine groups is 1. The van der Waals surface area contributed by atoms with Gasteiger partial charge in [-0.25, -0.2) is 0 Å². The topological polar surface area (TPSA) is 63.2 Å². The van der Waals surface area contributed by atoms with E-state index in [1.165, 1.54) is 7.11 Å². The number of carbonyl (C=O) groups excluding carboxylic acids is 1. The molecule has 0 unspecified atom stereocenters. The number of esters is 1. The Morgan fingerprint density at radius 1 is 1.31 bits per heavy atom. The maximum absolute atomic E-state index is 11.7. The van der Waals surface area contributed by atoms with Gasteiger partial charge >= 0.3 is 5.97 Å². The van der Waals surface area contributed by atoms with Crippen molar-refractivity contribution >= 4 is 11.9 Å². The minimum atomic E-state index is -0.108. The number of likely N-dealkylation sites (tertiary alicyclic amines) is 1. The fourth-order valence-corrected chi connectivity index (χ4v) is 3.05. The van der Waals surface area contributed by atoms with Crippen LogP contribution in [-0.2, 0) is 16.1 Å². The number of para-hydroxylation sites is 1. The lowest BCUT2D eigenvalue weighted by atomic mass is 9.97. The van der Waals surface area contributed by atoms with Crippen LogP contribution in [0, 0.1) is 11.8 Å². The van der Waals surface area contributed by atoms with E-state index in [0.29, 0.717) is 19.1 Å². The Hall–Kier alpha value is -2.24. The number of hydrogen-bond acceptors (Lipinski definition) is 4. The molecule has 6 nitrogen and oxygen atoms in total. The van der Waals surface area contributed by atoms with E-state index in [0.717, 1.165) is 43.2 Å². The molecular weight excluding hydrogens is 330 g/mol. The summed E-state index contributed by atoms with van der Waals surface area (Å²) in [7, 11) is 3.24. The number of aliphatic imine (C=N–C) groups is 1. The molecule has 26 heavy (non-hydrogen) atoms. The van der Waals surface area contributed by atoms with E-state index >= 15 is 0 Å². The normalized spacial score (nSPS) is 15.9. The molecule has 1 N–H and O–H groups in total. The molecule has 0 saturated carbocycles. The lowest BCUT2D eigenvalue weighted by molar-refractivity contribution is -0.146. The first-order chi connectivity index (χ1) is 12.5. The Morgan fingerprint density at radius 2 is 2.00 bits per heavy atom. The van der Waals surface area contributed by atoms with Crippen molar-refractivity contribution in [1.82, 2.24) is 10.2 Å². The van der Waals surface area contributed by atoms with Crippen molar-refractivity contribution in [1.29, 1.82) is 0 Å². The molecule has 144 valence electrons. The number of ether oxygens (including phenoxy) is 2. The predicted octanol–water partition coefficient (Wildman–Crippen LogP) is 2.68. The summed E-state index contributed by atoms with van der Waals surface area (Å²) in [6.07, 6.45) is 1.59. The molecule has 2 rings (SSSR count). The second-order valence-corrected chi connectivity index (χ2v) is 7.00. The van der Waals surface area contributed by atoms with Crippen molar-refractivity contribution in [3.8, 4) is 5.75 Å². The van der Waals surface area contributed by atoms with Gasteiger partial charge in [-0.3, -0.25) is 9.79 Å². The van der Waals surface area contributed by atoms with E-state index < -0.39 is 0 Å². The molecule has 1 aliphatic rings. The Balaban J connectivity index is 1.91. The van der Waals surface area contributed by atoms with Gasteiger partial charge in [0.2, 0.25) is 0 Å². The lowest BCUT2D eigenvalue weighted by Crippen LogP contribution is -2.46. The van der Waals surface area contributed by atoms with Crippen LogP contribution < -0.4 is 10.1 Å². The molecular formula is C20H31N3O3. The van der Waals surface area contributed by atoms with E-state index in [1.54, 1.807) is 7.05 Å². The average Bonchev–Trinajstić information content (AvgIpc) is 2.67. The second kappa shape index (κ2) is 10.0. The Labute approximate surface area is 156 Å². The highest BCUT2D eigenvalue weighted by Crippen LogP contribution is 2.20. The largest absolute Gasteiger partial charge is 0.493 e. The molecule has 1 aromatic rings. The number of hydrogen-bond donors (Lipinski definition) is 1. The molecule has 6 heteroatoms. The summed E-state index contributed by atoms with van der Waals surface area (Å²) in [5.74, 6) is 2.14. The van der Waals surface area contributed by atoms with Crippen LogP contribution in [0.5, 0.6) is 5.75 Å². The van der Waals surface area contributed by atoms with Gasteiger partial charge in [-0.1, -0.05) is 32.0 Å². The highest BCUT2D eigenvalue weighted by atomic mass is 16.5. The van der Waals surface area contributed by atoms with Gasteiger partial charge in [0.25, 0.3) is 0 Å². The van der Waals surface area contributed by atoms with Gasteiger partial charge in [0.15, 0.2) is 5.96 Å². The molecule has 0 amide bonds. The first-order valence-corrected chi connectivity index (χ1v) is 9.29. The van der Waals surface area contributed by atoms with Crippen LogP contribution in [0.4, 0.5) is 0 Å². The zero-order chi connectivity index (χ0) is 18.9. The van der Waals surface area contributed by atoms with Crippen LogP contribution >= 0.6 is 0 Å². The molecule has 1 saturated heterocycles. The third-order valence-corrected chi connectivity index (χ3v) is 4.52. The Bertz CT molecular complexity index is 608. The Morgan fingerprint density at radius 3 is 2.62 bits per heavy atom. The van der Waals surface area contributed by atoms with E-state index in [9.17, 15) is 4.79 Å². The summed E-state index contributed by atoms with van der Waals surface area (Å²) < 4.78 is 10.8. The number of benzene rings is 1. The number of carbonyl (C=O) groups is 1. The SMILES string of the molecule is CN=C(NCc1ccccc1OCC(C)C)N1CCC(C(=O)OC)CC1. The predicted molar refractivity (Wildman–Crippen MR) is 103 cm³/mol. The van der Waals surface area contributed by atoms with Crippen LogP contribution in [0.3, 0.4) is 0 Å². The molecule has 0 atom stereocenters. The van der Waals surface area contributed by atoms with Crippen LogP contribution in [-0.4, -0.2) is 50.7 Å². The fraction of sp³-hybridized carbons (Fsp3) is 0.600. The van der Waals surface area contributed by atoms with E-state index in [1.807, 2.05) is 18.2 Å². The van der Waals surface area contributed by atoms with Gasteiger partial charge in [0, 0.05) is 32.2 Å². The summed E-state index contributed by atoms with van der Waals surface area (Å²) >= 11 is 0. The van der Waals surface area contributed by atoms with Gasteiger partial charge in [0.05, 0.1) is 19.6 Å². The van der Waals surface area contributed by atoms with Gasteiger partial charge in [0.1, 0.15) is 5.75 Å². The number of piperidine rings is 1. The number of methoxy groups -OCH3 is 1. The van der Waals surface area contributed by atoms with Crippen molar-refractivity contribution in [2.24, 2.45) is 16.8 Å². The Kier molecular flexibility index (Phi) is 7.75. The van der Waals surface area contributed by atoms with Crippen molar-refractivity contribution in [3.63, 3.8) is 0 Å². The zero-order valence-corrected chi connectivity index (χ0v) is 16.3. The molecule has 0 bridgehead atoms. The van der Waals surface area contributed by atoms with Gasteiger partial charge < -0.3 is 19.7 Å². The van der Waals surface area contributed by atoms with Crippen molar-refractivity contribution < 1.29 is 14.3 Å². The number of nitrogens with zero attached hydrogens (tertiary/aromatic N) is 2. The molecule has 0 aliphatic carbocycles. The first-order valence-electron chi connectivity index (χ1n) is 9.29. The minimum Gasteiger partial charge on any atom is -0.493 e. The third-order valence-electron chi connectivity index (χ3n) is 4.52. The van der Waals surface area contributed by atoms with E-state index in [4.69, 9.17) is 9.47 Å². The quantitative estimate of drug-likeness (QED) is 0.479. The second-order valence-electron chi connectivity index (χ2n) is 7.00. The minimum absolute atomic E-state index is 0.000449. The van der Waals surface area contributed by atoms with Crippen LogP contribution in [0.1, 0.15) is 32.3 Å². The summed E-state index contributed by atoms with van der Waals surface area (Å²) in [4.78, 5) is 18.3. The molecule has 1 fully saturated rings. The summed E-state index contributed by atoms with van der Waals surface area (Å²) in [5, 5.41) is 3.42. The average molecular weight is 361 g/mol. The lowest BCUT2D eigenvalue weighted by Gasteiger charge is -2.33. The third kappa shape index (κ3) is 5.64. The van der Waals surface area contributed by atoms with E-state index in [2.05, 4.69) is 35.1 Å². The fourth-order valence-electron chi connectivity index (χ4n) is 3.05. The molecule has 1 aromatic carbocycles. The summed E-state index contributed by atoms with van der Waals surface area (Å²) in [5.41, 5.74) is 1.11. The van der Waals surface area contributed by atoms with E-state index in [-0.39, 0.29) is 11.9 Å². The molecule has 1 heterocycles. The molecule has 1 aliphatic heterocycles. The maximum Gasteiger partial charge on any atom is 0.308 e.